The molecule has 2 heterocycles. The van der Waals surface area contributed by atoms with Gasteiger partial charge in [0.05, 0.1) is 18.2 Å². The Morgan fingerprint density at radius 1 is 1.29 bits per heavy atom. The van der Waals surface area contributed by atoms with E-state index in [-0.39, 0.29) is 5.78 Å². The van der Waals surface area contributed by atoms with Crippen LogP contribution in [0.3, 0.4) is 0 Å². The monoisotopic (exact) mass is 443 g/mol. The van der Waals surface area contributed by atoms with Gasteiger partial charge in [0, 0.05) is 22.6 Å². The van der Waals surface area contributed by atoms with Crippen LogP contribution in [0.25, 0.3) is 6.08 Å². The first-order chi connectivity index (χ1) is 13.4. The summed E-state index contributed by atoms with van der Waals surface area (Å²) in [6.45, 7) is 7.39. The largest absolute Gasteiger partial charge is 0.496 e. The molecule has 0 radical (unpaired) electrons. The molecule has 146 valence electrons. The third-order valence-corrected chi connectivity index (χ3v) is 5.65. The highest BCUT2D eigenvalue weighted by atomic mass is 79.9. The van der Waals surface area contributed by atoms with E-state index in [4.69, 9.17) is 14.2 Å². The minimum atomic E-state index is -0.112. The molecule has 0 saturated carbocycles. The Kier molecular flexibility index (Phi) is 4.93. The molecule has 0 atom stereocenters. The van der Waals surface area contributed by atoms with Crippen LogP contribution in [-0.2, 0) is 6.54 Å². The van der Waals surface area contributed by atoms with Gasteiger partial charge >= 0.3 is 0 Å². The molecule has 5 nitrogen and oxygen atoms in total. The number of ether oxygens (including phenoxy) is 3. The average Bonchev–Trinajstić information content (AvgIpc) is 2.99. The maximum absolute atomic E-state index is 13.1. The molecular formula is C22H22BrNO4. The topological polar surface area (TPSA) is 48.0 Å². The van der Waals surface area contributed by atoms with Crippen LogP contribution in [0.2, 0.25) is 0 Å². The quantitative estimate of drug-likeness (QED) is 0.628. The number of rotatable bonds is 3. The summed E-state index contributed by atoms with van der Waals surface area (Å²) in [5, 5.41) is 0. The zero-order valence-electron chi connectivity index (χ0n) is 16.3. The van der Waals surface area contributed by atoms with Gasteiger partial charge in [-0.25, -0.2) is 0 Å². The summed E-state index contributed by atoms with van der Waals surface area (Å²) in [5.74, 6) is 2.27. The molecule has 0 unspecified atom stereocenters. The maximum Gasteiger partial charge on any atom is 0.232 e. The summed E-state index contributed by atoms with van der Waals surface area (Å²) in [5.41, 5.74) is 3.19. The second-order valence-electron chi connectivity index (χ2n) is 7.31. The van der Waals surface area contributed by atoms with Crippen LogP contribution in [0.4, 0.5) is 0 Å². The fraction of sp³-hybridized carbons (Fsp3) is 0.318. The fourth-order valence-electron chi connectivity index (χ4n) is 3.54. The Bertz CT molecular complexity index is 997. The fourth-order valence-corrected chi connectivity index (χ4v) is 3.92. The first-order valence-electron chi connectivity index (χ1n) is 9.20. The minimum absolute atomic E-state index is 0.112. The zero-order valence-corrected chi connectivity index (χ0v) is 17.9. The molecule has 0 aromatic heterocycles. The molecule has 2 aliphatic heterocycles. The second-order valence-corrected chi connectivity index (χ2v) is 8.23. The van der Waals surface area contributed by atoms with Gasteiger partial charge in [-0.05, 0) is 56.7 Å². The molecule has 0 N–H and O–H groups in total. The summed E-state index contributed by atoms with van der Waals surface area (Å²) >= 11 is 3.47. The molecule has 6 heteroatoms. The number of carbonyl (C=O) groups excluding carboxylic acids is 1. The Hall–Kier alpha value is -2.31. The summed E-state index contributed by atoms with van der Waals surface area (Å²) in [4.78, 5) is 15.3. The standard InChI is InChI=1S/C22H22BrNO4/c1-12(2)24-10-16-18(27-11-24)7-13(3)20-21(25)19(28-22(16)20)9-14-8-15(23)5-6-17(14)26-4/h5-9,12H,10-11H2,1-4H3/b19-9-. The van der Waals surface area contributed by atoms with E-state index >= 15 is 0 Å². The number of carbonyl (C=O) groups is 1. The molecule has 2 aromatic rings. The lowest BCUT2D eigenvalue weighted by molar-refractivity contribution is 0.0673. The van der Waals surface area contributed by atoms with Crippen LogP contribution in [0.1, 0.15) is 40.9 Å². The Morgan fingerprint density at radius 3 is 2.79 bits per heavy atom. The van der Waals surface area contributed by atoms with Gasteiger partial charge in [0.1, 0.15) is 24.0 Å². The number of fused-ring (bicyclic) bond motifs is 3. The van der Waals surface area contributed by atoms with Gasteiger partial charge in [0.25, 0.3) is 0 Å². The number of allylic oxidation sites excluding steroid dienone is 1. The van der Waals surface area contributed by atoms with E-state index in [2.05, 4.69) is 34.7 Å². The molecule has 2 aliphatic rings. The van der Waals surface area contributed by atoms with Crippen molar-refractivity contribution in [3.8, 4) is 17.2 Å². The van der Waals surface area contributed by atoms with Crippen molar-refractivity contribution in [2.45, 2.75) is 33.4 Å². The number of benzene rings is 2. The molecule has 0 bridgehead atoms. The van der Waals surface area contributed by atoms with E-state index in [0.717, 1.165) is 26.9 Å². The predicted octanol–water partition coefficient (Wildman–Crippen LogP) is 4.94. The highest BCUT2D eigenvalue weighted by Gasteiger charge is 2.35. The number of aryl methyl sites for hydroxylation is 1. The van der Waals surface area contributed by atoms with Crippen molar-refractivity contribution < 1.29 is 19.0 Å². The summed E-state index contributed by atoms with van der Waals surface area (Å²) in [7, 11) is 1.61. The van der Waals surface area contributed by atoms with Crippen molar-refractivity contribution in [3.05, 3.63) is 56.8 Å². The van der Waals surface area contributed by atoms with Crippen LogP contribution in [-0.4, -0.2) is 30.6 Å². The molecule has 0 fully saturated rings. The average molecular weight is 444 g/mol. The van der Waals surface area contributed by atoms with E-state index in [1.54, 1.807) is 13.2 Å². The van der Waals surface area contributed by atoms with Crippen molar-refractivity contribution in [1.29, 1.82) is 0 Å². The molecule has 28 heavy (non-hydrogen) atoms. The van der Waals surface area contributed by atoms with E-state index in [9.17, 15) is 4.79 Å². The van der Waals surface area contributed by atoms with Gasteiger partial charge in [0.15, 0.2) is 5.76 Å². The van der Waals surface area contributed by atoms with Gasteiger partial charge in [-0.15, -0.1) is 0 Å². The van der Waals surface area contributed by atoms with Crippen LogP contribution in [0.5, 0.6) is 17.2 Å². The SMILES string of the molecule is COc1ccc(Br)cc1/C=C1\Oc2c3c(cc(C)c2C1=O)OCN(C(C)C)C3. The summed E-state index contributed by atoms with van der Waals surface area (Å²) in [6.07, 6.45) is 1.74. The van der Waals surface area contributed by atoms with Crippen molar-refractivity contribution in [2.24, 2.45) is 0 Å². The Labute approximate surface area is 173 Å². The van der Waals surface area contributed by atoms with Crippen molar-refractivity contribution >= 4 is 27.8 Å². The molecule has 0 aliphatic carbocycles. The molecule has 0 amide bonds. The van der Waals surface area contributed by atoms with Gasteiger partial charge in [-0.3, -0.25) is 9.69 Å². The lowest BCUT2D eigenvalue weighted by atomic mass is 9.98. The van der Waals surface area contributed by atoms with E-state index < -0.39 is 0 Å². The van der Waals surface area contributed by atoms with Crippen molar-refractivity contribution in [2.75, 3.05) is 13.8 Å². The van der Waals surface area contributed by atoms with Crippen LogP contribution in [0, 0.1) is 6.92 Å². The third-order valence-electron chi connectivity index (χ3n) is 5.16. The van der Waals surface area contributed by atoms with Crippen LogP contribution >= 0.6 is 15.9 Å². The summed E-state index contributed by atoms with van der Waals surface area (Å²) < 4.78 is 18.4. The molecule has 2 aromatic carbocycles. The van der Waals surface area contributed by atoms with Crippen LogP contribution < -0.4 is 14.2 Å². The number of methoxy groups -OCH3 is 1. The number of nitrogens with zero attached hydrogens (tertiary/aromatic N) is 1. The Balaban J connectivity index is 1.78. The summed E-state index contributed by atoms with van der Waals surface area (Å²) in [6, 6.07) is 7.92. The molecule has 0 saturated heterocycles. The number of halogens is 1. The number of hydrogen-bond donors (Lipinski definition) is 0. The number of Topliss-reactive ketones (excluding diaryl/α,β-unsaturated/α-hetero) is 1. The van der Waals surface area contributed by atoms with E-state index in [1.807, 2.05) is 31.2 Å². The number of ketones is 1. The van der Waals surface area contributed by atoms with Crippen molar-refractivity contribution in [1.82, 2.24) is 4.90 Å². The Morgan fingerprint density at radius 2 is 2.07 bits per heavy atom. The van der Waals surface area contributed by atoms with Gasteiger partial charge in [-0.1, -0.05) is 15.9 Å². The molecular weight excluding hydrogens is 422 g/mol. The normalized spacial score (nSPS) is 17.4. The zero-order chi connectivity index (χ0) is 20.0. The lowest BCUT2D eigenvalue weighted by Gasteiger charge is -2.32. The van der Waals surface area contributed by atoms with Gasteiger partial charge in [0.2, 0.25) is 5.78 Å². The van der Waals surface area contributed by atoms with Crippen molar-refractivity contribution in [3.63, 3.8) is 0 Å². The van der Waals surface area contributed by atoms with E-state index in [1.165, 1.54) is 0 Å². The van der Waals surface area contributed by atoms with Crippen LogP contribution in [0.15, 0.2) is 34.5 Å². The predicted molar refractivity (Wildman–Crippen MR) is 111 cm³/mol. The van der Waals surface area contributed by atoms with E-state index in [0.29, 0.717) is 42.1 Å². The minimum Gasteiger partial charge on any atom is -0.496 e. The smallest absolute Gasteiger partial charge is 0.232 e. The van der Waals surface area contributed by atoms with Gasteiger partial charge in [-0.2, -0.15) is 0 Å². The lowest BCUT2D eigenvalue weighted by Crippen LogP contribution is -2.37. The first kappa shape index (κ1) is 19.0. The first-order valence-corrected chi connectivity index (χ1v) is 9.99. The molecule has 0 spiro atoms. The number of hydrogen-bond acceptors (Lipinski definition) is 5. The molecule has 4 rings (SSSR count). The second kappa shape index (κ2) is 7.26. The highest BCUT2D eigenvalue weighted by Crippen LogP contribution is 2.44. The van der Waals surface area contributed by atoms with Gasteiger partial charge < -0.3 is 14.2 Å². The maximum atomic E-state index is 13.1. The highest BCUT2D eigenvalue weighted by molar-refractivity contribution is 9.10. The third kappa shape index (κ3) is 3.20.